The highest BCUT2D eigenvalue weighted by atomic mass is 35.5. The van der Waals surface area contributed by atoms with Crippen molar-refractivity contribution < 1.29 is 4.79 Å². The van der Waals surface area contributed by atoms with E-state index < -0.39 is 0 Å². The molecule has 1 atom stereocenters. The van der Waals surface area contributed by atoms with Crippen LogP contribution >= 0.6 is 23.2 Å². The molecular weight excluding hydrogens is 429 g/mol. The van der Waals surface area contributed by atoms with E-state index in [1.807, 2.05) is 36.4 Å². The Morgan fingerprint density at radius 1 is 1.00 bits per heavy atom. The van der Waals surface area contributed by atoms with Gasteiger partial charge >= 0.3 is 0 Å². The van der Waals surface area contributed by atoms with Gasteiger partial charge in [0.25, 0.3) is 5.91 Å². The lowest BCUT2D eigenvalue weighted by atomic mass is 10.0. The van der Waals surface area contributed by atoms with Crippen molar-refractivity contribution in [2.75, 3.05) is 37.4 Å². The summed E-state index contributed by atoms with van der Waals surface area (Å²) in [7, 11) is 4.26. The second-order valence-electron chi connectivity index (χ2n) is 8.03. The predicted octanol–water partition coefficient (Wildman–Crippen LogP) is 6.05. The Kier molecular flexibility index (Phi) is 6.51. The van der Waals surface area contributed by atoms with Gasteiger partial charge in [-0.3, -0.25) is 4.79 Å². The lowest BCUT2D eigenvalue weighted by molar-refractivity contribution is 0.102. The zero-order chi connectivity index (χ0) is 22.0. The Bertz CT molecular complexity index is 1070. The molecule has 1 aliphatic rings. The van der Waals surface area contributed by atoms with Gasteiger partial charge in [-0.1, -0.05) is 47.5 Å². The molecule has 1 N–H and O–H groups in total. The van der Waals surface area contributed by atoms with E-state index in [9.17, 15) is 4.79 Å². The van der Waals surface area contributed by atoms with Crippen LogP contribution in [0.2, 0.25) is 10.0 Å². The summed E-state index contributed by atoms with van der Waals surface area (Å²) in [6.07, 6.45) is 1.17. The summed E-state index contributed by atoms with van der Waals surface area (Å²) >= 11 is 12.4. The fourth-order valence-electron chi connectivity index (χ4n) is 3.88. The second kappa shape index (κ2) is 9.31. The maximum atomic E-state index is 12.7. The molecule has 0 aromatic heterocycles. The molecule has 1 unspecified atom stereocenters. The molecule has 1 amide bonds. The number of carbonyl (C=O) groups is 1. The predicted molar refractivity (Wildman–Crippen MR) is 131 cm³/mol. The minimum atomic E-state index is -0.148. The Morgan fingerprint density at radius 3 is 2.35 bits per heavy atom. The molecule has 1 saturated heterocycles. The topological polar surface area (TPSA) is 35.6 Å². The molecule has 1 fully saturated rings. The number of likely N-dealkylation sites (N-methyl/N-ethyl adjacent to an activating group) is 1. The normalized spacial score (nSPS) is 16.0. The third kappa shape index (κ3) is 4.87. The first-order chi connectivity index (χ1) is 14.9. The van der Waals surface area contributed by atoms with E-state index in [1.165, 1.54) is 12.1 Å². The van der Waals surface area contributed by atoms with Crippen molar-refractivity contribution in [3.8, 4) is 11.1 Å². The van der Waals surface area contributed by atoms with E-state index in [2.05, 4.69) is 41.3 Å². The molecule has 6 heteroatoms. The van der Waals surface area contributed by atoms with Crippen LogP contribution < -0.4 is 10.2 Å². The zero-order valence-corrected chi connectivity index (χ0v) is 19.1. The number of nitrogens with one attached hydrogen (secondary N) is 1. The van der Waals surface area contributed by atoms with Crippen molar-refractivity contribution in [1.29, 1.82) is 0 Å². The van der Waals surface area contributed by atoms with E-state index in [1.54, 1.807) is 18.2 Å². The third-order valence-corrected chi connectivity index (χ3v) is 6.61. The molecule has 0 radical (unpaired) electrons. The van der Waals surface area contributed by atoms with Gasteiger partial charge in [0.2, 0.25) is 0 Å². The average molecular weight is 454 g/mol. The fraction of sp³-hybridized carbons (Fsp3) is 0.240. The van der Waals surface area contributed by atoms with Crippen molar-refractivity contribution in [3.05, 3.63) is 82.3 Å². The summed E-state index contributed by atoms with van der Waals surface area (Å²) in [4.78, 5) is 17.3. The number of anilines is 2. The monoisotopic (exact) mass is 453 g/mol. The van der Waals surface area contributed by atoms with Crippen LogP contribution in [0.5, 0.6) is 0 Å². The standard InChI is InChI=1S/C25H25Cl2N3O/c1-29(2)21-14-15-30(16-21)20-12-10-19(11-13-20)28-25(31)18-8-6-17(7-9-18)22-4-3-5-23(26)24(22)27/h3-13,21H,14-16H2,1-2H3,(H,28,31). The van der Waals surface area contributed by atoms with Gasteiger partial charge in [-0.25, -0.2) is 0 Å². The second-order valence-corrected chi connectivity index (χ2v) is 8.82. The van der Waals surface area contributed by atoms with Crippen LogP contribution in [0.4, 0.5) is 11.4 Å². The molecule has 0 saturated carbocycles. The molecule has 1 heterocycles. The summed E-state index contributed by atoms with van der Waals surface area (Å²) in [5.74, 6) is -0.148. The fourth-order valence-corrected chi connectivity index (χ4v) is 4.29. The number of benzene rings is 3. The SMILES string of the molecule is CN(C)C1CCN(c2ccc(NC(=O)c3ccc(-c4cccc(Cl)c4Cl)cc3)cc2)C1. The average Bonchev–Trinajstić information content (AvgIpc) is 3.27. The molecule has 3 aromatic carbocycles. The quantitative estimate of drug-likeness (QED) is 0.510. The number of halogens is 2. The first kappa shape index (κ1) is 21.7. The van der Waals surface area contributed by atoms with Crippen LogP contribution in [-0.4, -0.2) is 44.0 Å². The van der Waals surface area contributed by atoms with Crippen molar-refractivity contribution in [2.45, 2.75) is 12.5 Å². The van der Waals surface area contributed by atoms with Crippen molar-refractivity contribution in [1.82, 2.24) is 4.90 Å². The first-order valence-corrected chi connectivity index (χ1v) is 11.0. The van der Waals surface area contributed by atoms with Gasteiger partial charge < -0.3 is 15.1 Å². The van der Waals surface area contributed by atoms with E-state index in [0.29, 0.717) is 21.7 Å². The van der Waals surface area contributed by atoms with Crippen LogP contribution in [0.25, 0.3) is 11.1 Å². The van der Waals surface area contributed by atoms with Crippen LogP contribution in [-0.2, 0) is 0 Å². The van der Waals surface area contributed by atoms with Gasteiger partial charge in [-0.05, 0) is 68.5 Å². The summed E-state index contributed by atoms with van der Waals surface area (Å²) < 4.78 is 0. The molecule has 4 rings (SSSR count). The number of hydrogen-bond acceptors (Lipinski definition) is 3. The number of nitrogens with zero attached hydrogens (tertiary/aromatic N) is 2. The molecule has 160 valence electrons. The highest BCUT2D eigenvalue weighted by Crippen LogP contribution is 2.33. The smallest absolute Gasteiger partial charge is 0.255 e. The minimum Gasteiger partial charge on any atom is -0.370 e. The number of carbonyl (C=O) groups excluding carboxylic acids is 1. The zero-order valence-electron chi connectivity index (χ0n) is 17.6. The molecule has 0 spiro atoms. The van der Waals surface area contributed by atoms with Gasteiger partial charge in [-0.2, -0.15) is 0 Å². The molecule has 3 aromatic rings. The maximum absolute atomic E-state index is 12.7. The molecule has 4 nitrogen and oxygen atoms in total. The van der Waals surface area contributed by atoms with Crippen LogP contribution in [0.3, 0.4) is 0 Å². The van der Waals surface area contributed by atoms with E-state index in [-0.39, 0.29) is 5.91 Å². The lowest BCUT2D eigenvalue weighted by Gasteiger charge is -2.22. The molecule has 0 bridgehead atoms. The summed E-state index contributed by atoms with van der Waals surface area (Å²) in [5.41, 5.74) is 4.30. The molecule has 1 aliphatic heterocycles. The third-order valence-electron chi connectivity index (χ3n) is 5.79. The molecule has 31 heavy (non-hydrogen) atoms. The molecule has 0 aliphatic carbocycles. The van der Waals surface area contributed by atoms with Crippen molar-refractivity contribution in [2.24, 2.45) is 0 Å². The van der Waals surface area contributed by atoms with E-state index in [4.69, 9.17) is 23.2 Å². The Hall–Kier alpha value is -2.53. The summed E-state index contributed by atoms with van der Waals surface area (Å²) in [6, 6.07) is 21.5. The number of hydrogen-bond donors (Lipinski definition) is 1. The van der Waals surface area contributed by atoms with Crippen LogP contribution in [0.1, 0.15) is 16.8 Å². The van der Waals surface area contributed by atoms with Gasteiger partial charge in [0.1, 0.15) is 0 Å². The number of rotatable bonds is 5. The van der Waals surface area contributed by atoms with E-state index in [0.717, 1.165) is 29.9 Å². The van der Waals surface area contributed by atoms with Gasteiger partial charge in [0.05, 0.1) is 10.0 Å². The Balaban J connectivity index is 1.41. The van der Waals surface area contributed by atoms with Crippen molar-refractivity contribution >= 4 is 40.5 Å². The maximum Gasteiger partial charge on any atom is 0.255 e. The minimum absolute atomic E-state index is 0.148. The molecular formula is C25H25Cl2N3O. The summed E-state index contributed by atoms with van der Waals surface area (Å²) in [5, 5.41) is 3.99. The van der Waals surface area contributed by atoms with Crippen LogP contribution in [0, 0.1) is 0 Å². The highest BCUT2D eigenvalue weighted by Gasteiger charge is 2.24. The number of amides is 1. The Labute approximate surface area is 193 Å². The van der Waals surface area contributed by atoms with Crippen LogP contribution in [0.15, 0.2) is 66.7 Å². The largest absolute Gasteiger partial charge is 0.370 e. The van der Waals surface area contributed by atoms with Crippen molar-refractivity contribution in [3.63, 3.8) is 0 Å². The first-order valence-electron chi connectivity index (χ1n) is 10.3. The lowest BCUT2D eigenvalue weighted by Crippen LogP contribution is -2.31. The Morgan fingerprint density at radius 2 is 1.71 bits per heavy atom. The highest BCUT2D eigenvalue weighted by molar-refractivity contribution is 6.43. The van der Waals surface area contributed by atoms with Gasteiger partial charge in [0.15, 0.2) is 0 Å². The summed E-state index contributed by atoms with van der Waals surface area (Å²) in [6.45, 7) is 2.08. The van der Waals surface area contributed by atoms with Gasteiger partial charge in [0, 0.05) is 41.6 Å². The van der Waals surface area contributed by atoms with Gasteiger partial charge in [-0.15, -0.1) is 0 Å². The van der Waals surface area contributed by atoms with E-state index >= 15 is 0 Å².